The number of nitriles is 1. The van der Waals surface area contributed by atoms with Crippen LogP contribution in [0, 0.1) is 24.1 Å². The number of anilines is 2. The number of benzene rings is 3. The van der Waals surface area contributed by atoms with Gasteiger partial charge in [-0.25, -0.2) is 4.39 Å². The molecule has 0 saturated heterocycles. The molecular formula is C28H22FN3O2S2. The number of carbonyl (C=O) groups is 2. The molecule has 36 heavy (non-hydrogen) atoms. The molecular weight excluding hydrogens is 493 g/mol. The number of thiophene rings is 1. The first kappa shape index (κ1) is 25.2. The molecule has 180 valence electrons. The first-order valence-corrected chi connectivity index (χ1v) is 12.8. The second-order valence-corrected chi connectivity index (χ2v) is 10.4. The fourth-order valence-corrected chi connectivity index (χ4v) is 5.28. The van der Waals surface area contributed by atoms with E-state index in [4.69, 9.17) is 0 Å². The first-order valence-electron chi connectivity index (χ1n) is 11.1. The highest BCUT2D eigenvalue weighted by Crippen LogP contribution is 2.36. The zero-order valence-electron chi connectivity index (χ0n) is 19.5. The molecule has 4 aromatic rings. The lowest BCUT2D eigenvalue weighted by atomic mass is 10.0. The van der Waals surface area contributed by atoms with Crippen LogP contribution in [0.1, 0.15) is 28.4 Å². The molecule has 1 unspecified atom stereocenters. The Morgan fingerprint density at radius 2 is 1.75 bits per heavy atom. The number of amides is 2. The van der Waals surface area contributed by atoms with Gasteiger partial charge in [0.05, 0.1) is 10.8 Å². The van der Waals surface area contributed by atoms with Gasteiger partial charge in [0.1, 0.15) is 16.9 Å². The van der Waals surface area contributed by atoms with Crippen molar-refractivity contribution in [3.05, 3.63) is 101 Å². The van der Waals surface area contributed by atoms with Crippen molar-refractivity contribution in [2.45, 2.75) is 24.0 Å². The van der Waals surface area contributed by atoms with Gasteiger partial charge < -0.3 is 10.6 Å². The van der Waals surface area contributed by atoms with E-state index in [-0.39, 0.29) is 11.8 Å². The lowest BCUT2D eigenvalue weighted by molar-refractivity contribution is -0.115. The maximum absolute atomic E-state index is 13.1. The van der Waals surface area contributed by atoms with E-state index in [0.29, 0.717) is 21.8 Å². The molecule has 0 aliphatic carbocycles. The number of nitrogens with zero attached hydrogens (tertiary/aromatic N) is 1. The highest BCUT2D eigenvalue weighted by Gasteiger charge is 2.20. The van der Waals surface area contributed by atoms with Gasteiger partial charge in [0, 0.05) is 27.1 Å². The highest BCUT2D eigenvalue weighted by atomic mass is 32.2. The van der Waals surface area contributed by atoms with E-state index in [2.05, 4.69) is 16.7 Å². The van der Waals surface area contributed by atoms with Gasteiger partial charge in [-0.1, -0.05) is 35.9 Å². The summed E-state index contributed by atoms with van der Waals surface area (Å²) in [7, 11) is 0. The van der Waals surface area contributed by atoms with Crippen molar-refractivity contribution in [2.75, 3.05) is 10.6 Å². The Balaban J connectivity index is 1.41. The summed E-state index contributed by atoms with van der Waals surface area (Å²) in [5.74, 6) is -0.989. The van der Waals surface area contributed by atoms with Crippen LogP contribution in [0.2, 0.25) is 0 Å². The number of thioether (sulfide) groups is 1. The molecule has 0 spiro atoms. The maximum atomic E-state index is 13.1. The number of rotatable bonds is 7. The van der Waals surface area contributed by atoms with E-state index in [1.165, 1.54) is 47.4 Å². The topological polar surface area (TPSA) is 82.0 Å². The molecule has 1 aromatic heterocycles. The Morgan fingerprint density at radius 1 is 1.03 bits per heavy atom. The molecule has 1 heterocycles. The summed E-state index contributed by atoms with van der Waals surface area (Å²) in [5.41, 5.74) is 4.20. The molecule has 0 bridgehead atoms. The Kier molecular flexibility index (Phi) is 7.84. The van der Waals surface area contributed by atoms with Crippen molar-refractivity contribution >= 4 is 45.6 Å². The standard InChI is InChI=1S/C28H22FN3O2S2/c1-17-6-8-19(9-7-17)25-16-35-28(24(25)15-30)32-26(33)18(2)36-23-5-3-4-22(14-23)31-27(34)20-10-12-21(29)13-11-20/h3-14,16,18H,1-2H3,(H,31,34)(H,32,33). The quantitative estimate of drug-likeness (QED) is 0.257. The van der Waals surface area contributed by atoms with E-state index in [0.717, 1.165) is 21.6 Å². The van der Waals surface area contributed by atoms with Crippen molar-refractivity contribution < 1.29 is 14.0 Å². The highest BCUT2D eigenvalue weighted by molar-refractivity contribution is 8.00. The molecule has 0 saturated carbocycles. The monoisotopic (exact) mass is 515 g/mol. The summed E-state index contributed by atoms with van der Waals surface area (Å²) < 4.78 is 13.1. The molecule has 5 nitrogen and oxygen atoms in total. The fourth-order valence-electron chi connectivity index (χ4n) is 3.43. The average Bonchev–Trinajstić information content (AvgIpc) is 3.27. The predicted molar refractivity (Wildman–Crippen MR) is 144 cm³/mol. The van der Waals surface area contributed by atoms with E-state index < -0.39 is 11.1 Å². The van der Waals surface area contributed by atoms with Crippen LogP contribution in [0.4, 0.5) is 15.1 Å². The van der Waals surface area contributed by atoms with Crippen LogP contribution in [0.15, 0.2) is 83.1 Å². The zero-order valence-corrected chi connectivity index (χ0v) is 21.2. The molecule has 8 heteroatoms. The van der Waals surface area contributed by atoms with Gasteiger partial charge in [-0.2, -0.15) is 5.26 Å². The second kappa shape index (κ2) is 11.2. The van der Waals surface area contributed by atoms with Crippen molar-refractivity contribution in [3.63, 3.8) is 0 Å². The summed E-state index contributed by atoms with van der Waals surface area (Å²) >= 11 is 2.66. The van der Waals surface area contributed by atoms with Crippen molar-refractivity contribution in [2.24, 2.45) is 0 Å². The lowest BCUT2D eigenvalue weighted by Gasteiger charge is -2.13. The Morgan fingerprint density at radius 3 is 2.44 bits per heavy atom. The van der Waals surface area contributed by atoms with Gasteiger partial charge in [0.25, 0.3) is 5.91 Å². The minimum absolute atomic E-state index is 0.227. The Labute approximate surface area is 217 Å². The van der Waals surface area contributed by atoms with Gasteiger partial charge in [-0.3, -0.25) is 9.59 Å². The van der Waals surface area contributed by atoms with E-state index in [1.54, 1.807) is 25.1 Å². The minimum Gasteiger partial charge on any atom is -0.322 e. The number of hydrogen-bond donors (Lipinski definition) is 2. The molecule has 2 N–H and O–H groups in total. The van der Waals surface area contributed by atoms with Crippen molar-refractivity contribution in [3.8, 4) is 17.2 Å². The number of halogens is 1. The van der Waals surface area contributed by atoms with Crippen LogP contribution in [-0.2, 0) is 4.79 Å². The van der Waals surface area contributed by atoms with Crippen LogP contribution < -0.4 is 10.6 Å². The molecule has 0 aliphatic rings. The first-order chi connectivity index (χ1) is 17.3. The van der Waals surface area contributed by atoms with Crippen LogP contribution in [-0.4, -0.2) is 17.1 Å². The van der Waals surface area contributed by atoms with E-state index >= 15 is 0 Å². The second-order valence-electron chi connectivity index (χ2n) is 8.07. The third-order valence-electron chi connectivity index (χ3n) is 5.38. The molecule has 0 fully saturated rings. The Hall–Kier alpha value is -3.93. The molecule has 3 aromatic carbocycles. The molecule has 4 rings (SSSR count). The maximum Gasteiger partial charge on any atom is 0.255 e. The average molecular weight is 516 g/mol. The number of carbonyl (C=O) groups excluding carboxylic acids is 2. The van der Waals surface area contributed by atoms with Crippen molar-refractivity contribution in [1.82, 2.24) is 0 Å². The largest absolute Gasteiger partial charge is 0.322 e. The minimum atomic E-state index is -0.454. The Bertz CT molecular complexity index is 1440. The summed E-state index contributed by atoms with van der Waals surface area (Å²) in [4.78, 5) is 26.1. The van der Waals surface area contributed by atoms with Gasteiger partial charge in [0.15, 0.2) is 0 Å². The summed E-state index contributed by atoms with van der Waals surface area (Å²) in [6.45, 7) is 3.78. The van der Waals surface area contributed by atoms with Crippen molar-refractivity contribution in [1.29, 1.82) is 5.26 Å². The summed E-state index contributed by atoms with van der Waals surface area (Å²) in [5, 5.41) is 17.4. The number of aryl methyl sites for hydroxylation is 1. The third-order valence-corrected chi connectivity index (χ3v) is 7.37. The smallest absolute Gasteiger partial charge is 0.255 e. The van der Waals surface area contributed by atoms with Crippen LogP contribution >= 0.6 is 23.1 Å². The SMILES string of the molecule is Cc1ccc(-c2csc(NC(=O)C(C)Sc3cccc(NC(=O)c4ccc(F)cc4)c3)c2C#N)cc1. The summed E-state index contributed by atoms with van der Waals surface area (Å²) in [6.07, 6.45) is 0. The van der Waals surface area contributed by atoms with Crippen LogP contribution in [0.3, 0.4) is 0 Å². The van der Waals surface area contributed by atoms with E-state index in [1.807, 2.05) is 42.6 Å². The van der Waals surface area contributed by atoms with Gasteiger partial charge in [-0.15, -0.1) is 23.1 Å². The van der Waals surface area contributed by atoms with E-state index in [9.17, 15) is 19.2 Å². The lowest BCUT2D eigenvalue weighted by Crippen LogP contribution is -2.22. The zero-order chi connectivity index (χ0) is 25.7. The number of nitrogens with one attached hydrogen (secondary N) is 2. The molecule has 2 amide bonds. The number of hydrogen-bond acceptors (Lipinski definition) is 5. The van der Waals surface area contributed by atoms with Crippen LogP contribution in [0.5, 0.6) is 0 Å². The van der Waals surface area contributed by atoms with Gasteiger partial charge >= 0.3 is 0 Å². The molecule has 1 atom stereocenters. The normalized spacial score (nSPS) is 11.4. The fraction of sp³-hybridized carbons (Fsp3) is 0.107. The molecule has 0 aliphatic heterocycles. The summed E-state index contributed by atoms with van der Waals surface area (Å²) in [6, 6.07) is 22.6. The van der Waals surface area contributed by atoms with Gasteiger partial charge in [-0.05, 0) is 61.9 Å². The van der Waals surface area contributed by atoms with Gasteiger partial charge in [0.2, 0.25) is 5.91 Å². The van der Waals surface area contributed by atoms with Crippen LogP contribution in [0.25, 0.3) is 11.1 Å². The predicted octanol–water partition coefficient (Wildman–Crippen LogP) is 7.11. The molecule has 0 radical (unpaired) electrons. The third kappa shape index (κ3) is 6.00.